The first-order valence-electron chi connectivity index (χ1n) is 5.25. The number of rotatable bonds is 0. The summed E-state index contributed by atoms with van der Waals surface area (Å²) in [5, 5.41) is 17.0. The molecule has 0 heterocycles. The second-order valence-corrected chi connectivity index (χ2v) is 3.61. The van der Waals surface area contributed by atoms with Crippen molar-refractivity contribution in [1.29, 1.82) is 0 Å². The first-order chi connectivity index (χ1) is 7.86. The summed E-state index contributed by atoms with van der Waals surface area (Å²) >= 11 is 0. The molecule has 1 aliphatic rings. The molecule has 16 heavy (non-hydrogen) atoms. The molecular weight excluding hydrogens is 199 g/mol. The molecule has 0 spiro atoms. The van der Waals surface area contributed by atoms with Gasteiger partial charge in [-0.1, -0.05) is 48.6 Å². The van der Waals surface area contributed by atoms with Crippen LogP contribution in [0, 0.1) is 0 Å². The highest BCUT2D eigenvalue weighted by molar-refractivity contribution is 6.13. The summed E-state index contributed by atoms with van der Waals surface area (Å²) in [4.78, 5) is 0. The Labute approximate surface area is 95.2 Å². The van der Waals surface area contributed by atoms with Crippen molar-refractivity contribution in [3.63, 3.8) is 0 Å². The normalized spacial score (nSPS) is 11.9. The minimum atomic E-state index is -0.750. The standard InChI is InChI=1S/C13H10.BH3O2/c1-4-10-6-2-8-12-9-3-7-11(5-1)13(10)12;2-1-3/h1-8H,9H2;1-3H. The lowest BCUT2D eigenvalue weighted by Crippen LogP contribution is -1.91. The van der Waals surface area contributed by atoms with Crippen molar-refractivity contribution in [3.8, 4) is 0 Å². The van der Waals surface area contributed by atoms with Gasteiger partial charge in [-0.15, -0.1) is 0 Å². The van der Waals surface area contributed by atoms with Crippen molar-refractivity contribution in [2.45, 2.75) is 6.42 Å². The minimum absolute atomic E-state index is 0.750. The third kappa shape index (κ3) is 2.01. The molecule has 0 saturated carbocycles. The zero-order valence-electron chi connectivity index (χ0n) is 8.93. The Bertz CT molecular complexity index is 515. The zero-order chi connectivity index (χ0) is 11.4. The summed E-state index contributed by atoms with van der Waals surface area (Å²) < 4.78 is 0. The van der Waals surface area contributed by atoms with Gasteiger partial charge in [-0.2, -0.15) is 0 Å². The van der Waals surface area contributed by atoms with Crippen LogP contribution in [0.4, 0.5) is 0 Å². The zero-order valence-corrected chi connectivity index (χ0v) is 8.93. The first-order valence-corrected chi connectivity index (χ1v) is 5.25. The summed E-state index contributed by atoms with van der Waals surface area (Å²) in [5.74, 6) is 0. The first kappa shape index (κ1) is 10.9. The fraction of sp³-hybridized carbons (Fsp3) is 0.0769. The predicted octanol–water partition coefficient (Wildman–Crippen LogP) is 1.65. The van der Waals surface area contributed by atoms with E-state index in [1.54, 1.807) is 0 Å². The molecular formula is C13H13BO2. The lowest BCUT2D eigenvalue weighted by Gasteiger charge is -2.11. The van der Waals surface area contributed by atoms with E-state index in [-0.39, 0.29) is 0 Å². The molecule has 2 nitrogen and oxygen atoms in total. The number of hydrogen-bond donors (Lipinski definition) is 2. The van der Waals surface area contributed by atoms with Crippen molar-refractivity contribution in [2.24, 2.45) is 0 Å². The summed E-state index contributed by atoms with van der Waals surface area (Å²) in [5.41, 5.74) is 2.81. The van der Waals surface area contributed by atoms with E-state index in [2.05, 4.69) is 48.6 Å². The Morgan fingerprint density at radius 2 is 1.69 bits per heavy atom. The van der Waals surface area contributed by atoms with E-state index in [1.165, 1.54) is 21.9 Å². The molecule has 0 radical (unpaired) electrons. The predicted molar refractivity (Wildman–Crippen MR) is 68.3 cm³/mol. The third-order valence-corrected chi connectivity index (χ3v) is 2.66. The molecule has 0 aliphatic heterocycles. The monoisotopic (exact) mass is 212 g/mol. The van der Waals surface area contributed by atoms with Crippen LogP contribution in [0.15, 0.2) is 42.5 Å². The molecule has 1 aliphatic carbocycles. The van der Waals surface area contributed by atoms with Gasteiger partial charge in [0.2, 0.25) is 0 Å². The third-order valence-electron chi connectivity index (χ3n) is 2.66. The van der Waals surface area contributed by atoms with Crippen LogP contribution in [-0.4, -0.2) is 17.7 Å². The Hall–Kier alpha value is -1.58. The average Bonchev–Trinajstić information content (AvgIpc) is 2.31. The molecule has 0 unspecified atom stereocenters. The second-order valence-electron chi connectivity index (χ2n) is 3.61. The quantitative estimate of drug-likeness (QED) is 0.651. The molecule has 2 N–H and O–H groups in total. The molecule has 0 bridgehead atoms. The summed E-state index contributed by atoms with van der Waals surface area (Å²) in [6, 6.07) is 13.0. The van der Waals surface area contributed by atoms with Crippen LogP contribution in [0.5, 0.6) is 0 Å². The molecule has 0 saturated heterocycles. The Balaban J connectivity index is 0.000000292. The van der Waals surface area contributed by atoms with Crippen LogP contribution in [0.3, 0.4) is 0 Å². The van der Waals surface area contributed by atoms with Crippen LogP contribution in [0.2, 0.25) is 0 Å². The molecule has 0 aromatic heterocycles. The van der Waals surface area contributed by atoms with E-state index >= 15 is 0 Å². The largest absolute Gasteiger partial charge is 0.432 e. The molecule has 0 atom stereocenters. The maximum Gasteiger partial charge on any atom is 0.432 e. The van der Waals surface area contributed by atoms with Crippen LogP contribution < -0.4 is 0 Å². The van der Waals surface area contributed by atoms with Gasteiger partial charge in [-0.05, 0) is 28.3 Å². The van der Waals surface area contributed by atoms with Gasteiger partial charge in [0.05, 0.1) is 0 Å². The summed E-state index contributed by atoms with van der Waals surface area (Å²) in [7, 11) is -0.750. The van der Waals surface area contributed by atoms with E-state index in [4.69, 9.17) is 10.0 Å². The van der Waals surface area contributed by atoms with Crippen molar-refractivity contribution < 1.29 is 10.0 Å². The summed E-state index contributed by atoms with van der Waals surface area (Å²) in [6.45, 7) is 0. The Morgan fingerprint density at radius 1 is 1.00 bits per heavy atom. The lowest BCUT2D eigenvalue weighted by molar-refractivity contribution is 0.448. The van der Waals surface area contributed by atoms with Gasteiger partial charge in [-0.25, -0.2) is 0 Å². The maximum absolute atomic E-state index is 7.12. The van der Waals surface area contributed by atoms with E-state index in [1.807, 2.05) is 0 Å². The number of hydrogen-bond acceptors (Lipinski definition) is 2. The lowest BCUT2D eigenvalue weighted by atomic mass is 9.93. The van der Waals surface area contributed by atoms with Crippen molar-refractivity contribution in [3.05, 3.63) is 53.6 Å². The van der Waals surface area contributed by atoms with E-state index < -0.39 is 7.69 Å². The smallest absolute Gasteiger partial charge is 0.430 e. The molecule has 0 fully saturated rings. The Kier molecular flexibility index (Phi) is 3.39. The topological polar surface area (TPSA) is 40.5 Å². The molecule has 2 aromatic rings. The van der Waals surface area contributed by atoms with E-state index in [0.717, 1.165) is 6.42 Å². The molecule has 80 valence electrons. The summed E-state index contributed by atoms with van der Waals surface area (Å²) in [6.07, 6.45) is 5.53. The van der Waals surface area contributed by atoms with Gasteiger partial charge >= 0.3 is 7.69 Å². The highest BCUT2D eigenvalue weighted by Crippen LogP contribution is 2.27. The second kappa shape index (κ2) is 4.97. The van der Waals surface area contributed by atoms with Gasteiger partial charge < -0.3 is 10.0 Å². The van der Waals surface area contributed by atoms with Gasteiger partial charge in [0.25, 0.3) is 0 Å². The Morgan fingerprint density at radius 3 is 2.44 bits per heavy atom. The number of benzene rings is 2. The van der Waals surface area contributed by atoms with Crippen molar-refractivity contribution in [2.75, 3.05) is 0 Å². The van der Waals surface area contributed by atoms with Gasteiger partial charge in [0.1, 0.15) is 0 Å². The highest BCUT2D eigenvalue weighted by atomic mass is 16.4. The van der Waals surface area contributed by atoms with E-state index in [0.29, 0.717) is 0 Å². The number of allylic oxidation sites excluding steroid dienone is 1. The fourth-order valence-corrected chi connectivity index (χ4v) is 2.07. The van der Waals surface area contributed by atoms with Crippen LogP contribution in [0.1, 0.15) is 11.1 Å². The van der Waals surface area contributed by atoms with Crippen molar-refractivity contribution in [1.82, 2.24) is 0 Å². The van der Waals surface area contributed by atoms with Gasteiger partial charge in [-0.3, -0.25) is 0 Å². The minimum Gasteiger partial charge on any atom is -0.430 e. The van der Waals surface area contributed by atoms with Crippen LogP contribution >= 0.6 is 0 Å². The SMILES string of the molecule is C1=Cc2cccc3cccc(c23)C1.OBO. The molecule has 0 amide bonds. The average molecular weight is 212 g/mol. The molecule has 3 rings (SSSR count). The van der Waals surface area contributed by atoms with Crippen molar-refractivity contribution >= 4 is 24.5 Å². The molecule has 2 aromatic carbocycles. The van der Waals surface area contributed by atoms with Gasteiger partial charge in [0, 0.05) is 0 Å². The highest BCUT2D eigenvalue weighted by Gasteiger charge is 2.06. The van der Waals surface area contributed by atoms with E-state index in [9.17, 15) is 0 Å². The molecule has 3 heteroatoms. The fourth-order valence-electron chi connectivity index (χ4n) is 2.07. The van der Waals surface area contributed by atoms with Crippen LogP contribution in [-0.2, 0) is 6.42 Å². The maximum atomic E-state index is 7.12. The van der Waals surface area contributed by atoms with Gasteiger partial charge in [0.15, 0.2) is 0 Å². The van der Waals surface area contributed by atoms with Crippen LogP contribution in [0.25, 0.3) is 16.8 Å².